The van der Waals surface area contributed by atoms with E-state index in [2.05, 4.69) is 5.32 Å². The van der Waals surface area contributed by atoms with Crippen molar-refractivity contribution < 1.29 is 13.2 Å². The Bertz CT molecular complexity index is 1330. The summed E-state index contributed by atoms with van der Waals surface area (Å²) in [5.74, 6) is 0.126. The zero-order valence-electron chi connectivity index (χ0n) is 16.0. The second-order valence-corrected chi connectivity index (χ2v) is 8.83. The highest BCUT2D eigenvalue weighted by molar-refractivity contribution is 7.90. The molecule has 7 heteroatoms. The molecule has 0 aliphatic rings. The topological polar surface area (TPSA) is 80.5 Å². The number of aryl methyl sites for hydroxylation is 1. The molecule has 0 radical (unpaired) electrons. The lowest BCUT2D eigenvalue weighted by Gasteiger charge is -2.09. The van der Waals surface area contributed by atoms with Crippen LogP contribution in [0.25, 0.3) is 16.9 Å². The number of anilines is 1. The molecule has 29 heavy (non-hydrogen) atoms. The van der Waals surface area contributed by atoms with Crippen LogP contribution >= 0.6 is 0 Å². The summed E-state index contributed by atoms with van der Waals surface area (Å²) in [6.45, 7) is 1.96. The van der Waals surface area contributed by atoms with Gasteiger partial charge < -0.3 is 5.32 Å². The molecule has 4 rings (SSSR count). The summed E-state index contributed by atoms with van der Waals surface area (Å²) in [6, 6.07) is 19.4. The number of rotatable bonds is 4. The fraction of sp³-hybridized carbons (Fsp3) is 0.0909. The van der Waals surface area contributed by atoms with Gasteiger partial charge in [0.25, 0.3) is 5.91 Å². The molecule has 0 saturated carbocycles. The van der Waals surface area contributed by atoms with E-state index in [9.17, 15) is 13.2 Å². The van der Waals surface area contributed by atoms with E-state index in [4.69, 9.17) is 4.98 Å². The Morgan fingerprint density at radius 2 is 1.76 bits per heavy atom. The minimum Gasteiger partial charge on any atom is -0.306 e. The molecule has 0 fully saturated rings. The summed E-state index contributed by atoms with van der Waals surface area (Å²) in [5.41, 5.74) is 3.49. The first-order valence-corrected chi connectivity index (χ1v) is 10.9. The molecule has 0 unspecified atom stereocenters. The van der Waals surface area contributed by atoms with Gasteiger partial charge in [-0.3, -0.25) is 9.20 Å². The predicted molar refractivity (Wildman–Crippen MR) is 113 cm³/mol. The van der Waals surface area contributed by atoms with E-state index in [-0.39, 0.29) is 10.5 Å². The maximum Gasteiger partial charge on any atom is 0.256 e. The fourth-order valence-corrected chi connectivity index (χ4v) is 3.84. The molecule has 0 atom stereocenters. The largest absolute Gasteiger partial charge is 0.306 e. The van der Waals surface area contributed by atoms with Crippen LogP contribution in [0.15, 0.2) is 77.8 Å². The summed E-state index contributed by atoms with van der Waals surface area (Å²) < 4.78 is 25.5. The van der Waals surface area contributed by atoms with Gasteiger partial charge in [-0.2, -0.15) is 0 Å². The summed E-state index contributed by atoms with van der Waals surface area (Å²) in [4.78, 5) is 17.8. The molecule has 6 nitrogen and oxygen atoms in total. The molecule has 0 saturated heterocycles. The standard InChI is InChI=1S/C22H19N3O3S/c1-15-8-7-13-25-20(15)23-19(16-9-4-3-5-10-16)21(25)24-22(26)17-11-6-12-18(14-17)29(2,27)28/h3-14H,1-2H3,(H,24,26). The number of carbonyl (C=O) groups excluding carboxylic acids is 1. The van der Waals surface area contributed by atoms with Crippen molar-refractivity contribution in [1.29, 1.82) is 0 Å². The highest BCUT2D eigenvalue weighted by Crippen LogP contribution is 2.30. The SMILES string of the molecule is Cc1cccn2c(NC(=O)c3cccc(S(C)(=O)=O)c3)c(-c3ccccc3)nc12. The first-order valence-electron chi connectivity index (χ1n) is 8.99. The summed E-state index contributed by atoms with van der Waals surface area (Å²) in [7, 11) is -3.41. The molecule has 2 aromatic carbocycles. The highest BCUT2D eigenvalue weighted by Gasteiger charge is 2.19. The fourth-order valence-electron chi connectivity index (χ4n) is 3.17. The number of imidazole rings is 1. The highest BCUT2D eigenvalue weighted by atomic mass is 32.2. The second kappa shape index (κ2) is 7.18. The van der Waals surface area contributed by atoms with Crippen molar-refractivity contribution in [3.63, 3.8) is 0 Å². The third-order valence-corrected chi connectivity index (χ3v) is 5.76. The average Bonchev–Trinajstić information content (AvgIpc) is 3.08. The van der Waals surface area contributed by atoms with E-state index in [1.54, 1.807) is 12.1 Å². The average molecular weight is 405 g/mol. The first-order chi connectivity index (χ1) is 13.8. The van der Waals surface area contributed by atoms with Gasteiger partial charge >= 0.3 is 0 Å². The molecule has 0 aliphatic heterocycles. The number of hydrogen-bond donors (Lipinski definition) is 1. The number of fused-ring (bicyclic) bond motifs is 1. The van der Waals surface area contributed by atoms with Crippen LogP contribution < -0.4 is 5.32 Å². The molecule has 0 bridgehead atoms. The van der Waals surface area contributed by atoms with Crippen molar-refractivity contribution >= 4 is 27.2 Å². The lowest BCUT2D eigenvalue weighted by molar-refractivity contribution is 0.102. The zero-order valence-corrected chi connectivity index (χ0v) is 16.8. The number of carbonyl (C=O) groups is 1. The monoisotopic (exact) mass is 405 g/mol. The van der Waals surface area contributed by atoms with Crippen LogP contribution in [-0.4, -0.2) is 30.0 Å². The van der Waals surface area contributed by atoms with Crippen molar-refractivity contribution in [2.24, 2.45) is 0 Å². The van der Waals surface area contributed by atoms with Crippen LogP contribution in [0.5, 0.6) is 0 Å². The Kier molecular flexibility index (Phi) is 4.68. The van der Waals surface area contributed by atoms with Crippen molar-refractivity contribution in [3.05, 3.63) is 84.1 Å². The lowest BCUT2D eigenvalue weighted by atomic mass is 10.1. The molecule has 1 amide bonds. The van der Waals surface area contributed by atoms with Crippen LogP contribution in [0, 0.1) is 6.92 Å². The number of nitrogens with zero attached hydrogens (tertiary/aromatic N) is 2. The van der Waals surface area contributed by atoms with E-state index in [0.29, 0.717) is 11.5 Å². The summed E-state index contributed by atoms with van der Waals surface area (Å²) in [6.07, 6.45) is 2.95. The summed E-state index contributed by atoms with van der Waals surface area (Å²) >= 11 is 0. The van der Waals surface area contributed by atoms with Crippen molar-refractivity contribution in [2.45, 2.75) is 11.8 Å². The molecule has 1 N–H and O–H groups in total. The van der Waals surface area contributed by atoms with Crippen molar-refractivity contribution in [3.8, 4) is 11.3 Å². The van der Waals surface area contributed by atoms with Gasteiger partial charge in [0.2, 0.25) is 0 Å². The molecule has 2 aromatic heterocycles. The van der Waals surface area contributed by atoms with Gasteiger partial charge in [0.1, 0.15) is 17.2 Å². The number of aromatic nitrogens is 2. The van der Waals surface area contributed by atoms with E-state index in [0.717, 1.165) is 23.0 Å². The molecule has 0 spiro atoms. The van der Waals surface area contributed by atoms with Crippen molar-refractivity contribution in [2.75, 3.05) is 11.6 Å². The summed E-state index contributed by atoms with van der Waals surface area (Å²) in [5, 5.41) is 2.92. The van der Waals surface area contributed by atoms with E-state index in [1.165, 1.54) is 12.1 Å². The first kappa shape index (κ1) is 18.9. The predicted octanol–water partition coefficient (Wildman–Crippen LogP) is 3.97. The van der Waals surface area contributed by atoms with E-state index in [1.807, 2.05) is 60.0 Å². The molecule has 4 aromatic rings. The van der Waals surface area contributed by atoms with Gasteiger partial charge in [-0.15, -0.1) is 0 Å². The third-order valence-electron chi connectivity index (χ3n) is 4.65. The Labute approximate surface area is 168 Å². The molecule has 2 heterocycles. The number of benzene rings is 2. The quantitative estimate of drug-likeness (QED) is 0.557. The van der Waals surface area contributed by atoms with Gasteiger partial charge in [-0.25, -0.2) is 13.4 Å². The van der Waals surface area contributed by atoms with Crippen molar-refractivity contribution in [1.82, 2.24) is 9.38 Å². The Balaban J connectivity index is 1.82. The Morgan fingerprint density at radius 3 is 2.48 bits per heavy atom. The minimum atomic E-state index is -3.41. The molecular formula is C22H19N3O3S. The van der Waals surface area contributed by atoms with E-state index >= 15 is 0 Å². The molecule has 146 valence electrons. The van der Waals surface area contributed by atoms with Gasteiger partial charge in [-0.1, -0.05) is 42.5 Å². The van der Waals surface area contributed by atoms with Gasteiger partial charge in [-0.05, 0) is 36.8 Å². The molecule has 0 aliphatic carbocycles. The Hall–Kier alpha value is -3.45. The number of nitrogens with one attached hydrogen (secondary N) is 1. The van der Waals surface area contributed by atoms with Crippen LogP contribution in [0.3, 0.4) is 0 Å². The van der Waals surface area contributed by atoms with Gasteiger partial charge in [0, 0.05) is 23.6 Å². The third kappa shape index (κ3) is 3.64. The lowest BCUT2D eigenvalue weighted by Crippen LogP contribution is -2.14. The van der Waals surface area contributed by atoms with Crippen LogP contribution in [0.2, 0.25) is 0 Å². The zero-order chi connectivity index (χ0) is 20.6. The number of sulfone groups is 1. The van der Waals surface area contributed by atoms with Gasteiger partial charge in [0.05, 0.1) is 4.90 Å². The molecular weight excluding hydrogens is 386 g/mol. The maximum absolute atomic E-state index is 13.0. The van der Waals surface area contributed by atoms with Gasteiger partial charge in [0.15, 0.2) is 9.84 Å². The van der Waals surface area contributed by atoms with Crippen LogP contribution in [-0.2, 0) is 9.84 Å². The number of amides is 1. The maximum atomic E-state index is 13.0. The second-order valence-electron chi connectivity index (χ2n) is 6.81. The number of hydrogen-bond acceptors (Lipinski definition) is 4. The number of pyridine rings is 1. The van der Waals surface area contributed by atoms with Crippen LogP contribution in [0.1, 0.15) is 15.9 Å². The van der Waals surface area contributed by atoms with E-state index < -0.39 is 15.7 Å². The van der Waals surface area contributed by atoms with Crippen LogP contribution in [0.4, 0.5) is 5.82 Å². The smallest absolute Gasteiger partial charge is 0.256 e. The normalized spacial score (nSPS) is 11.5. The Morgan fingerprint density at radius 1 is 1.00 bits per heavy atom. The minimum absolute atomic E-state index is 0.0995.